The van der Waals surface area contributed by atoms with Crippen molar-refractivity contribution < 1.29 is 19.7 Å². The van der Waals surface area contributed by atoms with Gasteiger partial charge in [0, 0.05) is 0 Å². The molecule has 0 bridgehead atoms. The molecule has 14 heavy (non-hydrogen) atoms. The van der Waals surface area contributed by atoms with Crippen LogP contribution in [0.4, 0.5) is 0 Å². The van der Waals surface area contributed by atoms with Gasteiger partial charge in [0.25, 0.3) is 0 Å². The van der Waals surface area contributed by atoms with Crippen molar-refractivity contribution in [1.29, 1.82) is 0 Å². The Morgan fingerprint density at radius 1 is 1.64 bits per heavy atom. The normalized spacial score (nSPS) is 14.8. The summed E-state index contributed by atoms with van der Waals surface area (Å²) in [5, 5.41) is 17.9. The molecular formula is C8H17BNO4. The third kappa shape index (κ3) is 5.21. The highest BCUT2D eigenvalue weighted by molar-refractivity contribution is 6.30. The largest absolute Gasteiger partial charge is 0.479 e. The molecule has 0 spiro atoms. The van der Waals surface area contributed by atoms with Crippen LogP contribution in [-0.4, -0.2) is 36.5 Å². The molecule has 0 aromatic rings. The summed E-state index contributed by atoms with van der Waals surface area (Å²) in [4.78, 5) is 10.5. The standard InChI is InChI=1S/C8H17BNO4/c1-2-3-4-6(9-14-5-10)7(11)8(12)13/h6-7,11H,2-5,10H2,1H3,(H,12,13). The Morgan fingerprint density at radius 3 is 2.71 bits per heavy atom. The number of carboxylic acids is 1. The molecule has 2 unspecified atom stereocenters. The van der Waals surface area contributed by atoms with Gasteiger partial charge in [0.2, 0.25) is 0 Å². The summed E-state index contributed by atoms with van der Waals surface area (Å²) in [5.41, 5.74) is 5.10. The van der Waals surface area contributed by atoms with Crippen LogP contribution in [0.25, 0.3) is 0 Å². The lowest BCUT2D eigenvalue weighted by atomic mass is 9.73. The molecule has 5 nitrogen and oxygen atoms in total. The number of rotatable bonds is 8. The van der Waals surface area contributed by atoms with Crippen LogP contribution < -0.4 is 5.73 Å². The van der Waals surface area contributed by atoms with Gasteiger partial charge < -0.3 is 20.6 Å². The van der Waals surface area contributed by atoms with Crippen molar-refractivity contribution in [1.82, 2.24) is 0 Å². The van der Waals surface area contributed by atoms with Crippen molar-refractivity contribution >= 4 is 13.5 Å². The van der Waals surface area contributed by atoms with E-state index in [0.717, 1.165) is 12.8 Å². The highest BCUT2D eigenvalue weighted by Crippen LogP contribution is 2.18. The molecule has 0 aliphatic carbocycles. The number of aliphatic hydroxyl groups excluding tert-OH is 1. The summed E-state index contributed by atoms with van der Waals surface area (Å²) in [6.07, 6.45) is 0.969. The highest BCUT2D eigenvalue weighted by atomic mass is 16.4. The highest BCUT2D eigenvalue weighted by Gasteiger charge is 2.26. The zero-order valence-corrected chi connectivity index (χ0v) is 8.35. The number of aliphatic hydroxyl groups is 1. The Kier molecular flexibility index (Phi) is 7.46. The maximum absolute atomic E-state index is 10.5. The van der Waals surface area contributed by atoms with Crippen LogP contribution in [0.15, 0.2) is 0 Å². The van der Waals surface area contributed by atoms with E-state index >= 15 is 0 Å². The molecule has 81 valence electrons. The first-order valence-electron chi connectivity index (χ1n) is 4.69. The lowest BCUT2D eigenvalue weighted by molar-refractivity contribution is -0.147. The molecule has 0 rings (SSSR count). The van der Waals surface area contributed by atoms with Gasteiger partial charge in [-0.1, -0.05) is 26.2 Å². The van der Waals surface area contributed by atoms with E-state index in [2.05, 4.69) is 0 Å². The average Bonchev–Trinajstić information content (AvgIpc) is 2.17. The van der Waals surface area contributed by atoms with Gasteiger partial charge in [-0.2, -0.15) is 0 Å². The molecule has 6 heteroatoms. The molecular weight excluding hydrogens is 185 g/mol. The van der Waals surface area contributed by atoms with Crippen LogP contribution in [-0.2, 0) is 9.45 Å². The van der Waals surface area contributed by atoms with Crippen LogP contribution in [0, 0.1) is 0 Å². The molecule has 0 aromatic heterocycles. The zero-order valence-electron chi connectivity index (χ0n) is 8.35. The van der Waals surface area contributed by atoms with Gasteiger partial charge in [-0.25, -0.2) is 4.79 Å². The molecule has 0 amide bonds. The van der Waals surface area contributed by atoms with Crippen molar-refractivity contribution in [2.24, 2.45) is 5.73 Å². The van der Waals surface area contributed by atoms with E-state index in [1.165, 1.54) is 7.48 Å². The van der Waals surface area contributed by atoms with Gasteiger partial charge in [-0.05, 0) is 5.82 Å². The molecule has 0 saturated heterocycles. The fraction of sp³-hybridized carbons (Fsp3) is 0.875. The lowest BCUT2D eigenvalue weighted by Crippen LogP contribution is -2.30. The Balaban J connectivity index is 4.01. The maximum Gasteiger partial charge on any atom is 0.332 e. The van der Waals surface area contributed by atoms with Crippen molar-refractivity contribution in [3.63, 3.8) is 0 Å². The van der Waals surface area contributed by atoms with Crippen LogP contribution in [0.5, 0.6) is 0 Å². The third-order valence-corrected chi connectivity index (χ3v) is 1.92. The molecule has 2 atom stereocenters. The Labute approximate surface area is 84.5 Å². The van der Waals surface area contributed by atoms with Crippen molar-refractivity contribution in [2.45, 2.75) is 38.1 Å². The fourth-order valence-corrected chi connectivity index (χ4v) is 1.10. The van der Waals surface area contributed by atoms with E-state index in [-0.39, 0.29) is 6.73 Å². The Bertz CT molecular complexity index is 159. The number of carbonyl (C=O) groups is 1. The van der Waals surface area contributed by atoms with Crippen molar-refractivity contribution in [3.8, 4) is 0 Å². The first kappa shape index (κ1) is 13.4. The van der Waals surface area contributed by atoms with Crippen LogP contribution >= 0.6 is 0 Å². The van der Waals surface area contributed by atoms with E-state index in [4.69, 9.17) is 15.5 Å². The third-order valence-electron chi connectivity index (χ3n) is 1.92. The first-order chi connectivity index (χ1) is 6.63. The van der Waals surface area contributed by atoms with Crippen LogP contribution in [0.3, 0.4) is 0 Å². The minimum Gasteiger partial charge on any atom is -0.479 e. The predicted octanol–water partition coefficient (Wildman–Crippen LogP) is -0.0374. The van der Waals surface area contributed by atoms with E-state index < -0.39 is 17.9 Å². The number of aliphatic carboxylic acids is 1. The predicted molar refractivity (Wildman–Crippen MR) is 52.8 cm³/mol. The van der Waals surface area contributed by atoms with E-state index in [1.807, 2.05) is 6.92 Å². The fourth-order valence-electron chi connectivity index (χ4n) is 1.10. The quantitative estimate of drug-likeness (QED) is 0.379. The summed E-state index contributed by atoms with van der Waals surface area (Å²) in [6.45, 7) is 1.99. The van der Waals surface area contributed by atoms with E-state index in [1.54, 1.807) is 0 Å². The molecule has 0 heterocycles. The summed E-state index contributed by atoms with van der Waals surface area (Å²) >= 11 is 0. The van der Waals surface area contributed by atoms with Gasteiger partial charge in [0.15, 0.2) is 0 Å². The molecule has 0 saturated carbocycles. The van der Waals surface area contributed by atoms with Crippen LogP contribution in [0.2, 0.25) is 5.82 Å². The second kappa shape index (κ2) is 7.79. The molecule has 0 aliphatic rings. The zero-order chi connectivity index (χ0) is 11.0. The molecule has 0 aliphatic heterocycles. The van der Waals surface area contributed by atoms with Gasteiger partial charge in [-0.15, -0.1) is 0 Å². The van der Waals surface area contributed by atoms with E-state index in [9.17, 15) is 9.90 Å². The maximum atomic E-state index is 10.5. The summed E-state index contributed by atoms with van der Waals surface area (Å²) in [6, 6.07) is 0. The summed E-state index contributed by atoms with van der Waals surface area (Å²) in [7, 11) is 1.31. The smallest absolute Gasteiger partial charge is 0.332 e. The summed E-state index contributed by atoms with van der Waals surface area (Å²) in [5.74, 6) is -1.72. The molecule has 0 fully saturated rings. The first-order valence-corrected chi connectivity index (χ1v) is 4.69. The Hall–Kier alpha value is -0.585. The number of unbranched alkanes of at least 4 members (excludes halogenated alkanes) is 1. The second-order valence-electron chi connectivity index (χ2n) is 3.06. The molecule has 4 N–H and O–H groups in total. The minimum absolute atomic E-state index is 0.00500. The monoisotopic (exact) mass is 202 g/mol. The summed E-state index contributed by atoms with van der Waals surface area (Å²) < 4.78 is 4.79. The average molecular weight is 202 g/mol. The van der Waals surface area contributed by atoms with Gasteiger partial charge in [0.05, 0.1) is 6.73 Å². The number of hydrogen-bond donors (Lipinski definition) is 3. The van der Waals surface area contributed by atoms with Gasteiger partial charge in [0.1, 0.15) is 6.10 Å². The van der Waals surface area contributed by atoms with Gasteiger partial charge >= 0.3 is 13.5 Å². The van der Waals surface area contributed by atoms with E-state index in [0.29, 0.717) is 6.42 Å². The SMILES string of the molecule is CCCCC([B]OCN)C(O)C(=O)O. The van der Waals surface area contributed by atoms with Crippen molar-refractivity contribution in [3.05, 3.63) is 0 Å². The lowest BCUT2D eigenvalue weighted by Gasteiger charge is -2.17. The number of hydrogen-bond acceptors (Lipinski definition) is 4. The Morgan fingerprint density at radius 2 is 2.29 bits per heavy atom. The minimum atomic E-state index is -1.41. The van der Waals surface area contributed by atoms with Crippen molar-refractivity contribution in [2.75, 3.05) is 6.73 Å². The van der Waals surface area contributed by atoms with Gasteiger partial charge in [-0.3, -0.25) is 0 Å². The number of carboxylic acid groups (broad SMARTS) is 1. The number of nitrogens with two attached hydrogens (primary N) is 1. The molecule has 0 aromatic carbocycles. The topological polar surface area (TPSA) is 92.8 Å². The van der Waals surface area contributed by atoms with Crippen LogP contribution in [0.1, 0.15) is 26.2 Å². The second-order valence-corrected chi connectivity index (χ2v) is 3.06. The molecule has 1 radical (unpaired) electrons.